The molecule has 0 aliphatic carbocycles. The number of rotatable bonds is 9. The van der Waals surface area contributed by atoms with Gasteiger partial charge in [-0.1, -0.05) is 51.1 Å². The fourth-order valence-electron chi connectivity index (χ4n) is 3.68. The number of urea groups is 1. The van der Waals surface area contributed by atoms with Crippen LogP contribution in [0.3, 0.4) is 0 Å². The fourth-order valence-corrected chi connectivity index (χ4v) is 3.68. The molecule has 0 bridgehead atoms. The molecule has 7 nitrogen and oxygen atoms in total. The molecule has 7 heteroatoms. The third-order valence-corrected chi connectivity index (χ3v) is 5.72. The number of hydrogen-bond acceptors (Lipinski definition) is 5. The van der Waals surface area contributed by atoms with Gasteiger partial charge in [0.2, 0.25) is 0 Å². The van der Waals surface area contributed by atoms with E-state index in [0.717, 1.165) is 22.9 Å². The van der Waals surface area contributed by atoms with E-state index in [1.165, 1.54) is 0 Å². The van der Waals surface area contributed by atoms with E-state index < -0.39 is 0 Å². The number of carbonyl (C=O) groups is 1. The first-order chi connectivity index (χ1) is 17.8. The molecule has 0 spiro atoms. The summed E-state index contributed by atoms with van der Waals surface area (Å²) in [6, 6.07) is 22.5. The highest BCUT2D eigenvalue weighted by Crippen LogP contribution is 2.37. The van der Waals surface area contributed by atoms with Crippen molar-refractivity contribution in [1.29, 1.82) is 0 Å². The van der Waals surface area contributed by atoms with Crippen molar-refractivity contribution in [3.63, 3.8) is 0 Å². The van der Waals surface area contributed by atoms with Crippen molar-refractivity contribution >= 4 is 22.6 Å². The molecule has 4 aromatic rings. The molecule has 0 saturated heterocycles. The number of benzene rings is 3. The van der Waals surface area contributed by atoms with Crippen LogP contribution in [0.5, 0.6) is 23.0 Å². The Balaban J connectivity index is 1.44. The van der Waals surface area contributed by atoms with E-state index in [1.807, 2.05) is 54.6 Å². The molecule has 0 aliphatic heterocycles. The minimum Gasteiger partial charge on any atom is -0.493 e. The van der Waals surface area contributed by atoms with Crippen molar-refractivity contribution in [3.05, 3.63) is 84.6 Å². The molecule has 2 N–H and O–H groups in total. The van der Waals surface area contributed by atoms with Gasteiger partial charge >= 0.3 is 6.03 Å². The summed E-state index contributed by atoms with van der Waals surface area (Å²) < 4.78 is 17.8. The first kappa shape index (κ1) is 25.8. The van der Waals surface area contributed by atoms with E-state index in [1.54, 1.807) is 31.5 Å². The molecule has 3 aromatic carbocycles. The Morgan fingerprint density at radius 1 is 0.919 bits per heavy atom. The fraction of sp³-hybridized carbons (Fsp3) is 0.267. The second kappa shape index (κ2) is 11.6. The number of amides is 2. The molecular weight excluding hydrogens is 466 g/mol. The second-order valence-electron chi connectivity index (χ2n) is 9.92. The van der Waals surface area contributed by atoms with Gasteiger partial charge in [-0.25, -0.2) is 4.79 Å². The highest BCUT2D eigenvalue weighted by Gasteiger charge is 2.13. The maximum Gasteiger partial charge on any atom is 0.319 e. The van der Waals surface area contributed by atoms with Gasteiger partial charge in [-0.3, -0.25) is 4.98 Å². The number of pyridine rings is 1. The van der Waals surface area contributed by atoms with Crippen molar-refractivity contribution < 1.29 is 19.0 Å². The number of fused-ring (bicyclic) bond motifs is 1. The summed E-state index contributed by atoms with van der Waals surface area (Å²) in [4.78, 5) is 16.6. The van der Waals surface area contributed by atoms with Crippen LogP contribution in [-0.4, -0.2) is 24.7 Å². The van der Waals surface area contributed by atoms with Gasteiger partial charge in [-0.05, 0) is 53.8 Å². The van der Waals surface area contributed by atoms with Crippen molar-refractivity contribution in [2.24, 2.45) is 5.41 Å². The molecule has 2 amide bonds. The monoisotopic (exact) mass is 499 g/mol. The lowest BCUT2D eigenvalue weighted by Gasteiger charge is -2.18. The zero-order valence-electron chi connectivity index (χ0n) is 21.7. The zero-order chi connectivity index (χ0) is 26.3. The number of carbonyl (C=O) groups excluding carboxylic acids is 1. The quantitative estimate of drug-likeness (QED) is 0.255. The van der Waals surface area contributed by atoms with Crippen molar-refractivity contribution in [2.45, 2.75) is 33.8 Å². The van der Waals surface area contributed by atoms with Crippen LogP contribution in [0, 0.1) is 5.41 Å². The number of ether oxygens (including phenoxy) is 3. The summed E-state index contributed by atoms with van der Waals surface area (Å²) in [6.45, 7) is 7.48. The molecule has 4 rings (SSSR count). The zero-order valence-corrected chi connectivity index (χ0v) is 21.7. The Bertz CT molecular complexity index is 1330. The maximum atomic E-state index is 12.2. The van der Waals surface area contributed by atoms with Gasteiger partial charge in [-0.15, -0.1) is 0 Å². The van der Waals surface area contributed by atoms with Crippen molar-refractivity contribution in [3.8, 4) is 23.0 Å². The Labute approximate surface area is 217 Å². The van der Waals surface area contributed by atoms with Crippen LogP contribution in [0.1, 0.15) is 32.8 Å². The van der Waals surface area contributed by atoms with Gasteiger partial charge in [0.15, 0.2) is 11.5 Å². The second-order valence-corrected chi connectivity index (χ2v) is 9.92. The van der Waals surface area contributed by atoms with Crippen LogP contribution in [0.4, 0.5) is 10.5 Å². The van der Waals surface area contributed by atoms with E-state index in [0.29, 0.717) is 41.8 Å². The highest BCUT2D eigenvalue weighted by atomic mass is 16.5. The Kier molecular flexibility index (Phi) is 8.13. The van der Waals surface area contributed by atoms with Gasteiger partial charge in [0.1, 0.15) is 18.1 Å². The molecule has 1 aromatic heterocycles. The third-order valence-electron chi connectivity index (χ3n) is 5.72. The van der Waals surface area contributed by atoms with Crippen LogP contribution in [0.2, 0.25) is 0 Å². The molecule has 0 fully saturated rings. The van der Waals surface area contributed by atoms with Crippen LogP contribution in [0.25, 0.3) is 10.9 Å². The topological polar surface area (TPSA) is 81.7 Å². The van der Waals surface area contributed by atoms with E-state index in [9.17, 15) is 4.79 Å². The van der Waals surface area contributed by atoms with Crippen LogP contribution in [0.15, 0.2) is 79.0 Å². The smallest absolute Gasteiger partial charge is 0.319 e. The summed E-state index contributed by atoms with van der Waals surface area (Å²) >= 11 is 0. The minimum atomic E-state index is -0.226. The highest BCUT2D eigenvalue weighted by molar-refractivity contribution is 5.89. The minimum absolute atomic E-state index is 0.171. The van der Waals surface area contributed by atoms with Gasteiger partial charge in [0, 0.05) is 29.9 Å². The summed E-state index contributed by atoms with van der Waals surface area (Å²) in [5.74, 6) is 2.48. The predicted molar refractivity (Wildman–Crippen MR) is 147 cm³/mol. The molecular formula is C30H33N3O4. The maximum absolute atomic E-state index is 12.2. The van der Waals surface area contributed by atoms with Crippen molar-refractivity contribution in [2.75, 3.05) is 19.0 Å². The largest absolute Gasteiger partial charge is 0.493 e. The van der Waals surface area contributed by atoms with E-state index in [2.05, 4.69) is 36.4 Å². The average Bonchev–Trinajstić information content (AvgIpc) is 2.88. The normalized spacial score (nSPS) is 11.1. The van der Waals surface area contributed by atoms with Gasteiger partial charge in [-0.2, -0.15) is 0 Å². The number of aromatic nitrogens is 1. The summed E-state index contributed by atoms with van der Waals surface area (Å²) in [6.07, 6.45) is 2.60. The number of methoxy groups -OCH3 is 1. The third kappa shape index (κ3) is 7.36. The number of nitrogens with one attached hydrogen (secondary N) is 2. The Morgan fingerprint density at radius 2 is 1.68 bits per heavy atom. The first-order valence-corrected chi connectivity index (χ1v) is 12.3. The predicted octanol–water partition coefficient (Wildman–Crippen LogP) is 7.17. The molecule has 0 unspecified atom stereocenters. The number of nitrogens with zero attached hydrogens (tertiary/aromatic N) is 1. The Morgan fingerprint density at radius 3 is 2.38 bits per heavy atom. The standard InChI is InChI=1S/C30H33N3O4/c1-30(2,3)15-17-32-29(34)33-22-10-12-23(13-11-22)37-26-14-16-31-25-19-28(27(35-4)18-24(25)26)36-20-21-8-6-5-7-9-21/h5-14,16,18-19H,15,17,20H2,1-4H3,(H2,32,33,34). The average molecular weight is 500 g/mol. The molecule has 0 atom stereocenters. The van der Waals surface area contributed by atoms with Crippen LogP contribution >= 0.6 is 0 Å². The SMILES string of the molecule is COc1cc2c(Oc3ccc(NC(=O)NCCC(C)(C)C)cc3)ccnc2cc1OCc1ccccc1. The lowest BCUT2D eigenvalue weighted by atomic mass is 9.92. The lowest BCUT2D eigenvalue weighted by Crippen LogP contribution is -2.31. The summed E-state index contributed by atoms with van der Waals surface area (Å²) in [5.41, 5.74) is 2.65. The molecule has 0 radical (unpaired) electrons. The molecule has 37 heavy (non-hydrogen) atoms. The lowest BCUT2D eigenvalue weighted by molar-refractivity contribution is 0.250. The van der Waals surface area contributed by atoms with E-state index in [4.69, 9.17) is 14.2 Å². The summed E-state index contributed by atoms with van der Waals surface area (Å²) in [7, 11) is 1.61. The van der Waals surface area contributed by atoms with Crippen molar-refractivity contribution in [1.82, 2.24) is 10.3 Å². The van der Waals surface area contributed by atoms with Crippen LogP contribution < -0.4 is 24.8 Å². The Hall–Kier alpha value is -4.26. The molecule has 1 heterocycles. The van der Waals surface area contributed by atoms with Gasteiger partial charge in [0.25, 0.3) is 0 Å². The number of hydrogen-bond donors (Lipinski definition) is 2. The summed E-state index contributed by atoms with van der Waals surface area (Å²) in [5, 5.41) is 6.53. The van der Waals surface area contributed by atoms with E-state index >= 15 is 0 Å². The molecule has 0 saturated carbocycles. The van der Waals surface area contributed by atoms with E-state index in [-0.39, 0.29) is 11.4 Å². The first-order valence-electron chi connectivity index (χ1n) is 12.3. The molecule has 192 valence electrons. The van der Waals surface area contributed by atoms with Crippen LogP contribution in [-0.2, 0) is 6.61 Å². The van der Waals surface area contributed by atoms with Gasteiger partial charge < -0.3 is 24.8 Å². The van der Waals surface area contributed by atoms with Gasteiger partial charge in [0.05, 0.1) is 12.6 Å². The molecule has 0 aliphatic rings. The number of anilines is 1.